The van der Waals surface area contributed by atoms with Crippen LogP contribution in [0.2, 0.25) is 0 Å². The molecular formula is C26H28FN5O4. The Balaban J connectivity index is 1.34. The van der Waals surface area contributed by atoms with Crippen molar-refractivity contribution in [2.24, 2.45) is 0 Å². The minimum Gasteiger partial charge on any atom is -0.496 e. The molecule has 1 aromatic heterocycles. The summed E-state index contributed by atoms with van der Waals surface area (Å²) in [6.45, 7) is 4.43. The number of carbonyl (C=O) groups is 2. The molecule has 0 bridgehead atoms. The highest BCUT2D eigenvalue weighted by molar-refractivity contribution is 6.01. The molecule has 2 aromatic carbocycles. The van der Waals surface area contributed by atoms with Gasteiger partial charge in [-0.1, -0.05) is 6.07 Å². The van der Waals surface area contributed by atoms with Crippen LogP contribution in [-0.2, 0) is 4.74 Å². The lowest BCUT2D eigenvalue weighted by Crippen LogP contribution is -2.41. The summed E-state index contributed by atoms with van der Waals surface area (Å²) in [5.74, 6) is 0.0513. The van der Waals surface area contributed by atoms with Crippen molar-refractivity contribution in [1.82, 2.24) is 15.2 Å². The summed E-state index contributed by atoms with van der Waals surface area (Å²) in [4.78, 5) is 31.5. The number of aromatic nitrogens is 1. The van der Waals surface area contributed by atoms with Crippen LogP contribution >= 0.6 is 0 Å². The molecule has 0 radical (unpaired) electrons. The van der Waals surface area contributed by atoms with E-state index < -0.39 is 11.8 Å². The Morgan fingerprint density at radius 2 is 1.92 bits per heavy atom. The number of hydrogen-bond acceptors (Lipinski definition) is 6. The Morgan fingerprint density at radius 1 is 1.08 bits per heavy atom. The number of carbonyl (C=O) groups excluding carboxylic acids is 2. The van der Waals surface area contributed by atoms with Crippen molar-refractivity contribution >= 4 is 23.4 Å². The Kier molecular flexibility index (Phi) is 8.43. The third kappa shape index (κ3) is 6.77. The fourth-order valence-corrected chi connectivity index (χ4v) is 3.84. The summed E-state index contributed by atoms with van der Waals surface area (Å²) in [7, 11) is 1.46. The summed E-state index contributed by atoms with van der Waals surface area (Å²) in [5, 5.41) is 8.30. The van der Waals surface area contributed by atoms with Crippen LogP contribution in [0.3, 0.4) is 0 Å². The number of pyridine rings is 1. The maximum absolute atomic E-state index is 13.5. The summed E-state index contributed by atoms with van der Waals surface area (Å²) < 4.78 is 24.1. The molecule has 3 aromatic rings. The molecule has 1 fully saturated rings. The fourth-order valence-electron chi connectivity index (χ4n) is 3.84. The Morgan fingerprint density at radius 3 is 2.72 bits per heavy atom. The number of morpholine rings is 1. The van der Waals surface area contributed by atoms with Gasteiger partial charge < -0.3 is 20.1 Å². The zero-order chi connectivity index (χ0) is 25.3. The van der Waals surface area contributed by atoms with Crippen molar-refractivity contribution < 1.29 is 23.5 Å². The third-order valence-electron chi connectivity index (χ3n) is 5.68. The average Bonchev–Trinajstić information content (AvgIpc) is 2.89. The van der Waals surface area contributed by atoms with Crippen LogP contribution in [0.5, 0.6) is 5.75 Å². The predicted octanol–water partition coefficient (Wildman–Crippen LogP) is 3.60. The highest BCUT2D eigenvalue weighted by Crippen LogP contribution is 2.31. The number of urea groups is 1. The van der Waals surface area contributed by atoms with Crippen molar-refractivity contribution in [3.05, 3.63) is 72.2 Å². The first-order valence-corrected chi connectivity index (χ1v) is 11.6. The van der Waals surface area contributed by atoms with Gasteiger partial charge in [0.25, 0.3) is 5.91 Å². The molecule has 9 nitrogen and oxygen atoms in total. The Labute approximate surface area is 208 Å². The van der Waals surface area contributed by atoms with E-state index in [0.717, 1.165) is 19.6 Å². The standard InChI is InChI=1S/C26H28FN5O4/c1-35-23-17-20(27)5-6-22(23)18-7-8-28-24(16-18)31-26(34)30-21-4-2-3-19(15-21)25(33)29-9-10-32-11-13-36-14-12-32/h2-8,15-17H,9-14H2,1H3,(H,29,33)(H2,28,30,31,34). The molecule has 188 valence electrons. The molecule has 0 saturated carbocycles. The molecule has 2 heterocycles. The van der Waals surface area contributed by atoms with E-state index in [-0.39, 0.29) is 5.91 Å². The lowest BCUT2D eigenvalue weighted by molar-refractivity contribution is 0.0383. The van der Waals surface area contributed by atoms with Crippen LogP contribution in [0, 0.1) is 5.82 Å². The summed E-state index contributed by atoms with van der Waals surface area (Å²) >= 11 is 0. The van der Waals surface area contributed by atoms with Gasteiger partial charge >= 0.3 is 6.03 Å². The molecule has 0 atom stereocenters. The van der Waals surface area contributed by atoms with Crippen molar-refractivity contribution in [3.8, 4) is 16.9 Å². The van der Waals surface area contributed by atoms with E-state index in [1.807, 2.05) is 0 Å². The highest BCUT2D eigenvalue weighted by atomic mass is 19.1. The van der Waals surface area contributed by atoms with E-state index >= 15 is 0 Å². The fraction of sp³-hybridized carbons (Fsp3) is 0.269. The van der Waals surface area contributed by atoms with Gasteiger partial charge in [0.2, 0.25) is 0 Å². The van der Waals surface area contributed by atoms with Crippen LogP contribution in [-0.4, -0.2) is 68.3 Å². The normalized spacial score (nSPS) is 13.6. The second-order valence-corrected chi connectivity index (χ2v) is 8.14. The van der Waals surface area contributed by atoms with Gasteiger partial charge in [0, 0.05) is 55.3 Å². The zero-order valence-corrected chi connectivity index (χ0v) is 19.9. The Hall–Kier alpha value is -4.02. The predicted molar refractivity (Wildman–Crippen MR) is 135 cm³/mol. The first-order chi connectivity index (χ1) is 17.5. The number of nitrogens with one attached hydrogen (secondary N) is 3. The molecule has 0 spiro atoms. The molecule has 36 heavy (non-hydrogen) atoms. The van der Waals surface area contributed by atoms with E-state index in [4.69, 9.17) is 9.47 Å². The van der Waals surface area contributed by atoms with Gasteiger partial charge in [-0.25, -0.2) is 14.2 Å². The number of nitrogens with zero attached hydrogens (tertiary/aromatic N) is 2. The number of ether oxygens (including phenoxy) is 2. The molecular weight excluding hydrogens is 465 g/mol. The van der Waals surface area contributed by atoms with E-state index in [0.29, 0.717) is 53.7 Å². The number of anilines is 2. The summed E-state index contributed by atoms with van der Waals surface area (Å²) in [5.41, 5.74) is 2.27. The van der Waals surface area contributed by atoms with Gasteiger partial charge in [-0.05, 0) is 48.0 Å². The summed E-state index contributed by atoms with van der Waals surface area (Å²) in [6, 6.07) is 13.8. The van der Waals surface area contributed by atoms with Crippen LogP contribution in [0.15, 0.2) is 60.8 Å². The molecule has 3 N–H and O–H groups in total. The second kappa shape index (κ2) is 12.1. The first-order valence-electron chi connectivity index (χ1n) is 11.6. The number of methoxy groups -OCH3 is 1. The van der Waals surface area contributed by atoms with Crippen LogP contribution in [0.1, 0.15) is 10.4 Å². The quantitative estimate of drug-likeness (QED) is 0.443. The second-order valence-electron chi connectivity index (χ2n) is 8.14. The molecule has 1 saturated heterocycles. The number of benzene rings is 2. The average molecular weight is 494 g/mol. The van der Waals surface area contributed by atoms with Crippen LogP contribution in [0.4, 0.5) is 20.7 Å². The number of amides is 3. The molecule has 10 heteroatoms. The van der Waals surface area contributed by atoms with E-state index in [1.54, 1.807) is 42.5 Å². The van der Waals surface area contributed by atoms with Gasteiger partial charge in [-0.3, -0.25) is 15.0 Å². The lowest BCUT2D eigenvalue weighted by atomic mass is 10.1. The minimum absolute atomic E-state index is 0.213. The highest BCUT2D eigenvalue weighted by Gasteiger charge is 2.13. The SMILES string of the molecule is COc1cc(F)ccc1-c1ccnc(NC(=O)Nc2cccc(C(=O)NCCN3CCOCC3)c2)c1. The lowest BCUT2D eigenvalue weighted by Gasteiger charge is -2.26. The van der Waals surface area contributed by atoms with Gasteiger partial charge in [-0.15, -0.1) is 0 Å². The number of halogens is 1. The molecule has 3 amide bonds. The third-order valence-corrected chi connectivity index (χ3v) is 5.68. The van der Waals surface area contributed by atoms with Gasteiger partial charge in [-0.2, -0.15) is 0 Å². The molecule has 1 aliphatic heterocycles. The summed E-state index contributed by atoms with van der Waals surface area (Å²) in [6.07, 6.45) is 1.54. The van der Waals surface area contributed by atoms with Crippen molar-refractivity contribution in [1.29, 1.82) is 0 Å². The topological polar surface area (TPSA) is 105 Å². The zero-order valence-electron chi connectivity index (χ0n) is 19.9. The van der Waals surface area contributed by atoms with Crippen molar-refractivity contribution in [3.63, 3.8) is 0 Å². The number of rotatable bonds is 8. The maximum Gasteiger partial charge on any atom is 0.324 e. The van der Waals surface area contributed by atoms with Gasteiger partial charge in [0.1, 0.15) is 17.4 Å². The van der Waals surface area contributed by atoms with Gasteiger partial charge in [0.15, 0.2) is 0 Å². The smallest absolute Gasteiger partial charge is 0.324 e. The van der Waals surface area contributed by atoms with E-state index in [9.17, 15) is 14.0 Å². The molecule has 0 aliphatic carbocycles. The van der Waals surface area contributed by atoms with Crippen molar-refractivity contribution in [2.45, 2.75) is 0 Å². The van der Waals surface area contributed by atoms with E-state index in [1.165, 1.54) is 25.4 Å². The van der Waals surface area contributed by atoms with E-state index in [2.05, 4.69) is 25.8 Å². The molecule has 4 rings (SSSR count). The monoisotopic (exact) mass is 493 g/mol. The minimum atomic E-state index is -0.518. The van der Waals surface area contributed by atoms with Crippen LogP contribution in [0.25, 0.3) is 11.1 Å². The molecule has 0 unspecified atom stereocenters. The van der Waals surface area contributed by atoms with Crippen LogP contribution < -0.4 is 20.7 Å². The molecule has 1 aliphatic rings. The Bertz CT molecular complexity index is 1220. The van der Waals surface area contributed by atoms with Crippen molar-refractivity contribution in [2.75, 3.05) is 57.1 Å². The maximum atomic E-state index is 13.5. The number of hydrogen-bond donors (Lipinski definition) is 3. The van der Waals surface area contributed by atoms with Gasteiger partial charge in [0.05, 0.1) is 20.3 Å². The largest absolute Gasteiger partial charge is 0.496 e. The first kappa shape index (κ1) is 25.1.